The molecule has 2 heterocycles. The van der Waals surface area contributed by atoms with Crippen molar-refractivity contribution in [2.75, 3.05) is 13.1 Å². The molecule has 0 unspecified atom stereocenters. The maximum atomic E-state index is 12.1. The molecule has 2 fully saturated rings. The minimum atomic E-state index is -3.14. The summed E-state index contributed by atoms with van der Waals surface area (Å²) in [4.78, 5) is 51.6. The largest absolute Gasteiger partial charge is 0.344 e. The van der Waals surface area contributed by atoms with E-state index in [1.807, 2.05) is 17.4 Å². The average molecular weight is 799 g/mol. The average Bonchev–Trinajstić information content (AvgIpc) is 3.08. The Labute approximate surface area is 300 Å². The number of nitrogens with zero attached hydrogens (tertiary/aromatic N) is 4. The van der Waals surface area contributed by atoms with E-state index in [1.165, 1.54) is 29.9 Å². The van der Waals surface area contributed by atoms with E-state index in [4.69, 9.17) is 5.73 Å². The number of aromatic nitrogens is 4. The van der Waals surface area contributed by atoms with Gasteiger partial charge in [0.1, 0.15) is 11.6 Å². The van der Waals surface area contributed by atoms with Crippen molar-refractivity contribution in [3.05, 3.63) is 116 Å². The number of hydrogen-bond donors (Lipinski definition) is 2. The highest BCUT2D eigenvalue weighted by Crippen LogP contribution is 2.47. The molecule has 4 aromatic rings. The lowest BCUT2D eigenvalue weighted by Crippen LogP contribution is -2.37. The number of carbonyl (C=O) groups excluding carboxylic acids is 3. The summed E-state index contributed by atoms with van der Waals surface area (Å²) in [7, 11) is 0. The van der Waals surface area contributed by atoms with Crippen molar-refractivity contribution in [1.82, 2.24) is 25.3 Å². The Morgan fingerprint density at radius 2 is 1.08 bits per heavy atom. The SMILES string of the molecule is NCC(=O)c1cnc(CC2(c3ccc(Br)cc3)CCC2)nc1.O=C(CNC(=O)C(F)F)c1cnc(CC2(c3ccc(Br)cc3)CCC2)nc1. The predicted molar refractivity (Wildman–Crippen MR) is 188 cm³/mol. The number of hydrogen-bond acceptors (Lipinski definition) is 8. The fourth-order valence-electron chi connectivity index (χ4n) is 6.20. The van der Waals surface area contributed by atoms with Crippen molar-refractivity contribution in [2.45, 2.75) is 68.6 Å². The number of nitrogens with one attached hydrogen (secondary N) is 1. The van der Waals surface area contributed by atoms with Gasteiger partial charge in [-0.3, -0.25) is 14.4 Å². The molecule has 0 spiro atoms. The second kappa shape index (κ2) is 16.3. The topological polar surface area (TPSA) is 141 Å². The van der Waals surface area contributed by atoms with E-state index in [-0.39, 0.29) is 28.7 Å². The van der Waals surface area contributed by atoms with Gasteiger partial charge in [-0.25, -0.2) is 19.9 Å². The molecule has 0 bridgehead atoms. The number of nitrogens with two attached hydrogens (primary N) is 1. The Kier molecular flexibility index (Phi) is 12.1. The lowest BCUT2D eigenvalue weighted by molar-refractivity contribution is -0.131. The molecule has 0 saturated heterocycles. The summed E-state index contributed by atoms with van der Waals surface area (Å²) in [5.41, 5.74) is 8.75. The second-order valence-electron chi connectivity index (χ2n) is 12.5. The third kappa shape index (κ3) is 9.06. The number of amides is 1. The summed E-state index contributed by atoms with van der Waals surface area (Å²) >= 11 is 6.93. The van der Waals surface area contributed by atoms with Crippen LogP contribution in [0.3, 0.4) is 0 Å². The van der Waals surface area contributed by atoms with Crippen molar-refractivity contribution in [3.8, 4) is 0 Å². The van der Waals surface area contributed by atoms with Crippen LogP contribution < -0.4 is 11.1 Å². The van der Waals surface area contributed by atoms with E-state index in [2.05, 4.69) is 88.2 Å². The fourth-order valence-corrected chi connectivity index (χ4v) is 6.73. The molecule has 2 aromatic heterocycles. The molecular weight excluding hydrogens is 762 g/mol. The summed E-state index contributed by atoms with van der Waals surface area (Å²) in [6.45, 7) is -0.514. The second-order valence-corrected chi connectivity index (χ2v) is 14.3. The van der Waals surface area contributed by atoms with Crippen LogP contribution in [0.25, 0.3) is 0 Å². The molecule has 6 rings (SSSR count). The molecule has 2 aromatic carbocycles. The summed E-state index contributed by atoms with van der Waals surface area (Å²) in [6, 6.07) is 16.8. The van der Waals surface area contributed by atoms with Gasteiger partial charge in [-0.15, -0.1) is 0 Å². The smallest absolute Gasteiger partial charge is 0.315 e. The number of Topliss-reactive ketones (excluding diaryl/α,β-unsaturated/α-hetero) is 2. The molecule has 49 heavy (non-hydrogen) atoms. The maximum absolute atomic E-state index is 12.1. The first-order valence-corrected chi connectivity index (χ1v) is 17.6. The molecule has 2 saturated carbocycles. The molecule has 13 heteroatoms. The molecule has 1 amide bonds. The number of carbonyl (C=O) groups is 3. The Morgan fingerprint density at radius 1 is 0.694 bits per heavy atom. The number of ketones is 2. The number of alkyl halides is 2. The van der Waals surface area contributed by atoms with Gasteiger partial charge in [0, 0.05) is 57.4 Å². The molecule has 2 aliphatic carbocycles. The third-order valence-electron chi connectivity index (χ3n) is 9.39. The van der Waals surface area contributed by atoms with E-state index in [0.29, 0.717) is 17.8 Å². The fraction of sp³-hybridized carbons (Fsp3) is 0.361. The molecular formula is C36H36Br2F2N6O3. The Morgan fingerprint density at radius 3 is 1.41 bits per heavy atom. The van der Waals surface area contributed by atoms with Crippen LogP contribution in [-0.2, 0) is 28.5 Å². The molecule has 0 aliphatic heterocycles. The van der Waals surface area contributed by atoms with Crippen LogP contribution >= 0.6 is 31.9 Å². The highest BCUT2D eigenvalue weighted by atomic mass is 79.9. The van der Waals surface area contributed by atoms with Crippen molar-refractivity contribution >= 4 is 49.3 Å². The van der Waals surface area contributed by atoms with Gasteiger partial charge >= 0.3 is 6.43 Å². The van der Waals surface area contributed by atoms with Gasteiger partial charge in [-0.05, 0) is 61.1 Å². The van der Waals surface area contributed by atoms with Crippen molar-refractivity contribution in [3.63, 3.8) is 0 Å². The van der Waals surface area contributed by atoms with E-state index in [9.17, 15) is 23.2 Å². The zero-order chi connectivity index (χ0) is 35.0. The van der Waals surface area contributed by atoms with Crippen LogP contribution in [-0.4, -0.2) is 56.9 Å². The van der Waals surface area contributed by atoms with E-state index in [1.54, 1.807) is 12.4 Å². The van der Waals surface area contributed by atoms with Crippen molar-refractivity contribution in [2.24, 2.45) is 5.73 Å². The monoisotopic (exact) mass is 796 g/mol. The van der Waals surface area contributed by atoms with Crippen LogP contribution in [0.5, 0.6) is 0 Å². The van der Waals surface area contributed by atoms with Gasteiger partial charge in [-0.1, -0.05) is 69.0 Å². The van der Waals surface area contributed by atoms with Crippen LogP contribution in [0.4, 0.5) is 8.78 Å². The maximum Gasteiger partial charge on any atom is 0.315 e. The van der Waals surface area contributed by atoms with Crippen molar-refractivity contribution < 1.29 is 23.2 Å². The van der Waals surface area contributed by atoms with Crippen LogP contribution in [0.15, 0.2) is 82.3 Å². The lowest BCUT2D eigenvalue weighted by Gasteiger charge is -2.42. The summed E-state index contributed by atoms with van der Waals surface area (Å²) in [6.07, 6.45) is 11.1. The molecule has 256 valence electrons. The quantitative estimate of drug-likeness (QED) is 0.155. The van der Waals surface area contributed by atoms with Gasteiger partial charge < -0.3 is 11.1 Å². The first kappa shape index (κ1) is 36.5. The molecule has 2 aliphatic rings. The molecule has 3 N–H and O–H groups in total. The zero-order valence-electron chi connectivity index (χ0n) is 26.7. The highest BCUT2D eigenvalue weighted by Gasteiger charge is 2.40. The standard InChI is InChI=1S/C19H18BrF2N3O2.C17H18BrN3O/c20-14-4-2-13(3-5-14)19(6-1-7-19)8-16-23-9-12(10-24-16)15(26)11-25-18(27)17(21)22;18-14-4-2-13(3-5-14)17(6-1-7-17)8-16-20-10-12(11-21-16)15(22)9-19/h2-5,9-10,17H,1,6-8,11H2,(H,25,27);2-5,10-11H,1,6-9,19H2. The molecule has 9 nitrogen and oxygen atoms in total. The zero-order valence-corrected chi connectivity index (χ0v) is 29.9. The van der Waals surface area contributed by atoms with Gasteiger partial charge in [0.15, 0.2) is 11.6 Å². The minimum Gasteiger partial charge on any atom is -0.344 e. The van der Waals surface area contributed by atoms with Gasteiger partial charge in [0.2, 0.25) is 0 Å². The Hall–Kier alpha value is -3.81. The molecule has 0 radical (unpaired) electrons. The first-order valence-electron chi connectivity index (χ1n) is 16.0. The minimum absolute atomic E-state index is 0.00840. The lowest BCUT2D eigenvalue weighted by atomic mass is 9.62. The predicted octanol–water partition coefficient (Wildman–Crippen LogP) is 6.51. The van der Waals surface area contributed by atoms with E-state index < -0.39 is 24.7 Å². The van der Waals surface area contributed by atoms with Crippen molar-refractivity contribution in [1.29, 1.82) is 0 Å². The third-order valence-corrected chi connectivity index (χ3v) is 10.4. The van der Waals surface area contributed by atoms with Gasteiger partial charge in [0.05, 0.1) is 24.2 Å². The van der Waals surface area contributed by atoms with Gasteiger partial charge in [0.25, 0.3) is 5.91 Å². The van der Waals surface area contributed by atoms with Gasteiger partial charge in [-0.2, -0.15) is 8.78 Å². The van der Waals surface area contributed by atoms with Crippen LogP contribution in [0.1, 0.15) is 82.0 Å². The van der Waals surface area contributed by atoms with E-state index >= 15 is 0 Å². The number of rotatable bonds is 12. The van der Waals surface area contributed by atoms with Crippen LogP contribution in [0.2, 0.25) is 0 Å². The Bertz CT molecular complexity index is 1750. The summed E-state index contributed by atoms with van der Waals surface area (Å²) in [5.74, 6) is -0.691. The highest BCUT2D eigenvalue weighted by molar-refractivity contribution is 9.10. The number of halogens is 4. The number of benzene rings is 2. The van der Waals surface area contributed by atoms with Crippen LogP contribution in [0, 0.1) is 0 Å². The molecule has 0 atom stereocenters. The summed E-state index contributed by atoms with van der Waals surface area (Å²) < 4.78 is 26.4. The van der Waals surface area contributed by atoms with E-state index in [0.717, 1.165) is 53.3 Å². The first-order chi connectivity index (χ1) is 23.5. The Balaban J connectivity index is 0.000000195. The summed E-state index contributed by atoms with van der Waals surface area (Å²) in [5, 5.41) is 1.88. The normalized spacial score (nSPS) is 15.6.